The van der Waals surface area contributed by atoms with Gasteiger partial charge >= 0.3 is 0 Å². The molecular formula is C31H30F2N4O4. The maximum Gasteiger partial charge on any atom is 0.260 e. The van der Waals surface area contributed by atoms with Gasteiger partial charge in [-0.3, -0.25) is 4.90 Å². The van der Waals surface area contributed by atoms with Crippen molar-refractivity contribution in [1.82, 2.24) is 9.88 Å². The number of benzene rings is 1. The second kappa shape index (κ2) is 9.92. The van der Waals surface area contributed by atoms with Crippen molar-refractivity contribution in [2.24, 2.45) is 17.8 Å². The first kappa shape index (κ1) is 27.3. The van der Waals surface area contributed by atoms with E-state index in [1.807, 2.05) is 30.4 Å². The molecule has 6 rings (SSSR count). The molecule has 0 bridgehead atoms. The van der Waals surface area contributed by atoms with Gasteiger partial charge in [-0.15, -0.1) is 0 Å². The Hall–Kier alpha value is -3.83. The summed E-state index contributed by atoms with van der Waals surface area (Å²) < 4.78 is 41.3. The number of ether oxygens (including phenoxy) is 2. The number of aromatic nitrogens is 1. The lowest BCUT2D eigenvalue weighted by molar-refractivity contribution is -0.161. The number of rotatable bonds is 5. The number of nitriles is 2. The lowest BCUT2D eigenvalue weighted by Gasteiger charge is -2.43. The molecule has 2 N–H and O–H groups in total. The summed E-state index contributed by atoms with van der Waals surface area (Å²) in [6.45, 7) is 0.127. The Bertz CT molecular complexity index is 1500. The van der Waals surface area contributed by atoms with Crippen LogP contribution in [-0.2, 0) is 11.2 Å². The molecule has 41 heavy (non-hydrogen) atoms. The number of methoxy groups -OCH3 is 1. The predicted molar refractivity (Wildman–Crippen MR) is 143 cm³/mol. The van der Waals surface area contributed by atoms with E-state index >= 15 is 0 Å². The van der Waals surface area contributed by atoms with Gasteiger partial charge in [-0.1, -0.05) is 36.4 Å². The van der Waals surface area contributed by atoms with Gasteiger partial charge in [-0.2, -0.15) is 10.5 Å². The van der Waals surface area contributed by atoms with Crippen LogP contribution in [0.15, 0.2) is 54.6 Å². The smallest absolute Gasteiger partial charge is 0.260 e. The summed E-state index contributed by atoms with van der Waals surface area (Å²) in [7, 11) is 1.36. The maximum absolute atomic E-state index is 14.5. The Morgan fingerprint density at radius 3 is 2.61 bits per heavy atom. The van der Waals surface area contributed by atoms with E-state index in [0.29, 0.717) is 30.5 Å². The predicted octanol–water partition coefficient (Wildman–Crippen LogP) is 3.78. The van der Waals surface area contributed by atoms with Crippen LogP contribution in [0, 0.1) is 40.4 Å². The summed E-state index contributed by atoms with van der Waals surface area (Å²) in [6, 6.07) is 12.1. The number of aliphatic hydroxyl groups excluding tert-OH is 1. The first-order chi connectivity index (χ1) is 19.7. The monoisotopic (exact) mass is 560 g/mol. The molecule has 2 fully saturated rings. The van der Waals surface area contributed by atoms with Gasteiger partial charge in [0.25, 0.3) is 5.92 Å². The summed E-state index contributed by atoms with van der Waals surface area (Å²) in [5, 5.41) is 44.2. The largest absolute Gasteiger partial charge is 0.481 e. The van der Waals surface area contributed by atoms with Gasteiger partial charge in [0.15, 0.2) is 11.2 Å². The van der Waals surface area contributed by atoms with Crippen molar-refractivity contribution in [2.45, 2.75) is 42.5 Å². The van der Waals surface area contributed by atoms with Crippen LogP contribution in [0.1, 0.15) is 41.6 Å². The van der Waals surface area contributed by atoms with Gasteiger partial charge in [-0.05, 0) is 43.0 Å². The molecule has 6 atom stereocenters. The van der Waals surface area contributed by atoms with E-state index < -0.39 is 41.6 Å². The second-order valence-electron chi connectivity index (χ2n) is 11.3. The van der Waals surface area contributed by atoms with E-state index in [0.717, 1.165) is 0 Å². The van der Waals surface area contributed by atoms with Crippen molar-refractivity contribution in [2.75, 3.05) is 26.7 Å². The Morgan fingerprint density at radius 1 is 1.20 bits per heavy atom. The maximum atomic E-state index is 14.5. The average Bonchev–Trinajstić information content (AvgIpc) is 3.34. The van der Waals surface area contributed by atoms with Gasteiger partial charge in [0, 0.05) is 30.9 Å². The molecule has 1 saturated heterocycles. The van der Waals surface area contributed by atoms with Crippen molar-refractivity contribution >= 4 is 0 Å². The van der Waals surface area contributed by atoms with E-state index in [1.165, 1.54) is 13.2 Å². The molecule has 1 aromatic heterocycles. The minimum Gasteiger partial charge on any atom is -0.481 e. The molecule has 1 saturated carbocycles. The molecule has 8 nitrogen and oxygen atoms in total. The highest BCUT2D eigenvalue weighted by Crippen LogP contribution is 2.69. The van der Waals surface area contributed by atoms with E-state index in [1.54, 1.807) is 29.2 Å². The Labute approximate surface area is 236 Å². The molecule has 2 aromatic rings. The van der Waals surface area contributed by atoms with Crippen LogP contribution in [0.3, 0.4) is 0 Å². The number of piperidine rings is 1. The molecule has 3 heterocycles. The van der Waals surface area contributed by atoms with Gasteiger partial charge in [0.05, 0.1) is 37.0 Å². The number of halogens is 2. The number of nitrogens with zero attached hydrogens (tertiary/aromatic N) is 4. The summed E-state index contributed by atoms with van der Waals surface area (Å²) >= 11 is 0. The van der Waals surface area contributed by atoms with E-state index in [9.17, 15) is 29.5 Å². The fourth-order valence-corrected chi connectivity index (χ4v) is 7.53. The minimum atomic E-state index is -2.84. The summed E-state index contributed by atoms with van der Waals surface area (Å²) in [4.78, 5) is 5.92. The summed E-state index contributed by atoms with van der Waals surface area (Å²) in [5.41, 5.74) is -2.70. The first-order valence-corrected chi connectivity index (χ1v) is 13.7. The molecule has 212 valence electrons. The zero-order valence-corrected chi connectivity index (χ0v) is 22.5. The number of pyridine rings is 1. The lowest BCUT2D eigenvalue weighted by Crippen LogP contribution is -2.53. The summed E-state index contributed by atoms with van der Waals surface area (Å²) in [5.74, 6) is -4.28. The number of hydrogen-bond donors (Lipinski definition) is 2. The number of hydrogen-bond acceptors (Lipinski definition) is 8. The van der Waals surface area contributed by atoms with Gasteiger partial charge in [0.1, 0.15) is 17.5 Å². The highest BCUT2D eigenvalue weighted by molar-refractivity contribution is 5.59. The van der Waals surface area contributed by atoms with E-state index in [2.05, 4.69) is 11.1 Å². The molecule has 2 aliphatic heterocycles. The third kappa shape index (κ3) is 4.05. The van der Waals surface area contributed by atoms with Crippen LogP contribution < -0.4 is 9.47 Å². The molecule has 1 aromatic carbocycles. The zero-order valence-electron chi connectivity index (χ0n) is 22.5. The van der Waals surface area contributed by atoms with E-state index in [4.69, 9.17) is 9.47 Å². The third-order valence-electron chi connectivity index (χ3n) is 9.10. The zero-order chi connectivity index (χ0) is 29.0. The van der Waals surface area contributed by atoms with Gasteiger partial charge in [-0.25, -0.2) is 13.8 Å². The van der Waals surface area contributed by atoms with Crippen LogP contribution in [0.2, 0.25) is 0 Å². The molecule has 2 aliphatic carbocycles. The van der Waals surface area contributed by atoms with Crippen molar-refractivity contribution < 1.29 is 28.5 Å². The Kier molecular flexibility index (Phi) is 6.61. The van der Waals surface area contributed by atoms with E-state index in [-0.39, 0.29) is 41.8 Å². The number of aliphatic hydroxyl groups is 2. The van der Waals surface area contributed by atoms with Gasteiger partial charge < -0.3 is 19.7 Å². The van der Waals surface area contributed by atoms with Crippen LogP contribution in [-0.4, -0.2) is 58.9 Å². The van der Waals surface area contributed by atoms with Crippen LogP contribution >= 0.6 is 0 Å². The first-order valence-electron chi connectivity index (χ1n) is 13.7. The number of allylic oxidation sites excluding steroid dienone is 4. The van der Waals surface area contributed by atoms with Crippen LogP contribution in [0.4, 0.5) is 8.78 Å². The molecular weight excluding hydrogens is 530 g/mol. The van der Waals surface area contributed by atoms with Crippen molar-refractivity contribution in [3.8, 4) is 23.8 Å². The number of likely N-dealkylation sites (tertiary alicyclic amines) is 1. The van der Waals surface area contributed by atoms with Crippen LogP contribution in [0.25, 0.3) is 0 Å². The highest BCUT2D eigenvalue weighted by Gasteiger charge is 2.77. The quantitative estimate of drug-likeness (QED) is 0.567. The fourth-order valence-electron chi connectivity index (χ4n) is 7.53. The number of alkyl halides is 2. The second-order valence-corrected chi connectivity index (χ2v) is 11.3. The van der Waals surface area contributed by atoms with Crippen molar-refractivity contribution in [3.63, 3.8) is 0 Å². The van der Waals surface area contributed by atoms with Crippen molar-refractivity contribution in [1.29, 1.82) is 10.5 Å². The third-order valence-corrected chi connectivity index (χ3v) is 9.10. The molecule has 4 aliphatic rings. The molecule has 0 spiro atoms. The molecule has 1 unspecified atom stereocenters. The normalized spacial score (nSPS) is 33.3. The fraction of sp³-hybridized carbons (Fsp3) is 0.452. The topological polar surface area (TPSA) is 123 Å². The molecule has 0 amide bonds. The molecule has 0 radical (unpaired) electrons. The Balaban J connectivity index is 1.59. The van der Waals surface area contributed by atoms with Gasteiger partial charge in [0.2, 0.25) is 5.88 Å². The number of fused-ring (bicyclic) bond motifs is 3. The highest BCUT2D eigenvalue weighted by atomic mass is 19.3. The summed E-state index contributed by atoms with van der Waals surface area (Å²) in [6.07, 6.45) is 7.05. The molecule has 10 heteroatoms. The average molecular weight is 561 g/mol. The minimum absolute atomic E-state index is 0.0118. The lowest BCUT2D eigenvalue weighted by atomic mass is 9.67. The van der Waals surface area contributed by atoms with Crippen LogP contribution in [0.5, 0.6) is 11.6 Å². The Morgan fingerprint density at radius 2 is 1.98 bits per heavy atom. The van der Waals surface area contributed by atoms with Crippen molar-refractivity contribution in [3.05, 3.63) is 77.0 Å². The SMILES string of the molecule is COc1nc(C#N)cc2c1[C@]1(O)[C@H](O)[C@H](CN3CCCC(F)(F)C3)[C@@H](C3C=CC=CC3)[C@]1(c1ccc(C#N)cc1)O2. The standard InChI is InChI=1S/C31H30F2N4O4/c1-40-28-26-24(14-22(16-35)36-28)41-31(21-10-8-19(15-34)9-11-21)25(20-6-3-2-4-7-20)23(27(38)30(26,31)39)17-37-13-5-12-29(32,33)18-37/h2-4,6,8-11,14,20,23,25,27,38-39H,5,7,12-13,17-18H2,1H3/t20?,23-,25-,27-,30+,31+/m1/s1.